The number of hydrogen-bond acceptors (Lipinski definition) is 4. The largest absolute Gasteiger partial charge is 0.496 e. The highest BCUT2D eigenvalue weighted by atomic mass is 35.5. The molecule has 116 valence electrons. The SMILES string of the molecule is COc1ccccc1-c1cc(-c2c(F)cccc2Cl)nc(N)n1. The van der Waals surface area contributed by atoms with E-state index in [2.05, 4.69) is 9.97 Å². The lowest BCUT2D eigenvalue weighted by Gasteiger charge is -2.11. The number of methoxy groups -OCH3 is 1. The van der Waals surface area contributed by atoms with Crippen LogP contribution in [0, 0.1) is 5.82 Å². The van der Waals surface area contributed by atoms with Crippen LogP contribution < -0.4 is 10.5 Å². The van der Waals surface area contributed by atoms with Crippen molar-refractivity contribution < 1.29 is 9.13 Å². The van der Waals surface area contributed by atoms with Crippen LogP contribution in [0.1, 0.15) is 0 Å². The van der Waals surface area contributed by atoms with Crippen LogP contribution in [0.15, 0.2) is 48.5 Å². The second-order valence-corrected chi connectivity index (χ2v) is 5.20. The number of nitrogens with two attached hydrogens (primary N) is 1. The highest BCUT2D eigenvalue weighted by molar-refractivity contribution is 6.33. The molecule has 2 N–H and O–H groups in total. The van der Waals surface area contributed by atoms with Gasteiger partial charge in [-0.1, -0.05) is 29.8 Å². The van der Waals surface area contributed by atoms with E-state index in [1.54, 1.807) is 19.2 Å². The molecule has 0 amide bonds. The lowest BCUT2D eigenvalue weighted by molar-refractivity contribution is 0.416. The standard InChI is InChI=1S/C17H13ClFN3O/c1-23-15-8-3-2-5-10(15)13-9-14(22-17(20)21-13)16-11(18)6-4-7-12(16)19/h2-9H,1H3,(H2,20,21,22). The van der Waals surface area contributed by atoms with Crippen molar-refractivity contribution in [3.05, 3.63) is 59.4 Å². The fraction of sp³-hybridized carbons (Fsp3) is 0.0588. The van der Waals surface area contributed by atoms with Gasteiger partial charge in [-0.15, -0.1) is 0 Å². The Morgan fingerprint density at radius 1 is 1.04 bits per heavy atom. The van der Waals surface area contributed by atoms with Crippen molar-refractivity contribution in [3.8, 4) is 28.3 Å². The van der Waals surface area contributed by atoms with E-state index in [1.165, 1.54) is 12.1 Å². The molecule has 0 unspecified atom stereocenters. The summed E-state index contributed by atoms with van der Waals surface area (Å²) in [5, 5.41) is 0.258. The number of ether oxygens (including phenoxy) is 1. The van der Waals surface area contributed by atoms with Crippen LogP contribution in [0.25, 0.3) is 22.5 Å². The summed E-state index contributed by atoms with van der Waals surface area (Å²) in [4.78, 5) is 8.33. The molecule has 0 aliphatic carbocycles. The van der Waals surface area contributed by atoms with Gasteiger partial charge < -0.3 is 10.5 Å². The Labute approximate surface area is 137 Å². The second-order valence-electron chi connectivity index (χ2n) is 4.79. The lowest BCUT2D eigenvalue weighted by atomic mass is 10.1. The van der Waals surface area contributed by atoms with Gasteiger partial charge in [-0.3, -0.25) is 0 Å². The summed E-state index contributed by atoms with van der Waals surface area (Å²) in [6.07, 6.45) is 0. The van der Waals surface area contributed by atoms with Crippen molar-refractivity contribution in [1.29, 1.82) is 0 Å². The molecule has 0 saturated heterocycles. The number of benzene rings is 2. The molecule has 3 aromatic rings. The molecule has 1 heterocycles. The van der Waals surface area contributed by atoms with Gasteiger partial charge >= 0.3 is 0 Å². The van der Waals surface area contributed by atoms with Gasteiger partial charge in [0.1, 0.15) is 11.6 Å². The van der Waals surface area contributed by atoms with Gasteiger partial charge in [-0.25, -0.2) is 14.4 Å². The number of para-hydroxylation sites is 1. The molecular formula is C17H13ClFN3O. The smallest absolute Gasteiger partial charge is 0.221 e. The summed E-state index contributed by atoms with van der Waals surface area (Å²) in [5.74, 6) is 0.195. The Bertz CT molecular complexity index is 850. The minimum absolute atomic E-state index is 0.0303. The molecule has 0 radical (unpaired) electrons. The van der Waals surface area contributed by atoms with E-state index in [9.17, 15) is 4.39 Å². The maximum absolute atomic E-state index is 14.1. The number of rotatable bonds is 3. The van der Waals surface area contributed by atoms with Crippen LogP contribution in [0.3, 0.4) is 0 Å². The molecule has 0 aliphatic heterocycles. The minimum Gasteiger partial charge on any atom is -0.496 e. The summed E-state index contributed by atoms with van der Waals surface area (Å²) in [6.45, 7) is 0. The zero-order valence-electron chi connectivity index (χ0n) is 12.3. The van der Waals surface area contributed by atoms with E-state index in [1.807, 2.05) is 24.3 Å². The number of nitrogen functional groups attached to an aromatic ring is 1. The van der Waals surface area contributed by atoms with Crippen LogP contribution in [0.5, 0.6) is 5.75 Å². The molecule has 3 rings (SSSR count). The Hall–Kier alpha value is -2.66. The highest BCUT2D eigenvalue weighted by Gasteiger charge is 2.15. The molecule has 0 atom stereocenters. The summed E-state index contributed by atoms with van der Waals surface area (Å²) >= 11 is 6.11. The maximum atomic E-state index is 14.1. The number of anilines is 1. The predicted octanol–water partition coefficient (Wildman–Crippen LogP) is 4.19. The first-order chi connectivity index (χ1) is 11.1. The zero-order chi connectivity index (χ0) is 16.4. The zero-order valence-corrected chi connectivity index (χ0v) is 13.0. The molecule has 6 heteroatoms. The quantitative estimate of drug-likeness (QED) is 0.782. The summed E-state index contributed by atoms with van der Waals surface area (Å²) in [6, 6.07) is 13.4. The van der Waals surface area contributed by atoms with Crippen LogP contribution in [-0.2, 0) is 0 Å². The maximum Gasteiger partial charge on any atom is 0.221 e. The van der Waals surface area contributed by atoms with E-state index < -0.39 is 5.82 Å². The molecule has 0 saturated carbocycles. The second kappa shape index (κ2) is 6.22. The molecule has 0 spiro atoms. The van der Waals surface area contributed by atoms with Gasteiger partial charge in [0.2, 0.25) is 5.95 Å². The van der Waals surface area contributed by atoms with Gasteiger partial charge in [0.05, 0.1) is 29.1 Å². The van der Waals surface area contributed by atoms with Gasteiger partial charge in [0.25, 0.3) is 0 Å². The molecule has 23 heavy (non-hydrogen) atoms. The van der Waals surface area contributed by atoms with Crippen LogP contribution in [0.4, 0.5) is 10.3 Å². The van der Waals surface area contributed by atoms with Gasteiger partial charge in [0.15, 0.2) is 0 Å². The van der Waals surface area contributed by atoms with Crippen LogP contribution >= 0.6 is 11.6 Å². The summed E-state index contributed by atoms with van der Waals surface area (Å²) in [7, 11) is 1.57. The van der Waals surface area contributed by atoms with Crippen molar-refractivity contribution in [3.63, 3.8) is 0 Å². The monoisotopic (exact) mass is 329 g/mol. The lowest BCUT2D eigenvalue weighted by Crippen LogP contribution is -2.00. The Morgan fingerprint density at radius 3 is 2.52 bits per heavy atom. The first-order valence-electron chi connectivity index (χ1n) is 6.82. The molecule has 0 bridgehead atoms. The van der Waals surface area contributed by atoms with Crippen molar-refractivity contribution in [2.24, 2.45) is 0 Å². The number of halogens is 2. The Morgan fingerprint density at radius 2 is 1.78 bits per heavy atom. The third-order valence-corrected chi connectivity index (χ3v) is 3.66. The number of aromatic nitrogens is 2. The van der Waals surface area contributed by atoms with Crippen molar-refractivity contribution in [2.45, 2.75) is 0 Å². The van der Waals surface area contributed by atoms with Crippen LogP contribution in [-0.4, -0.2) is 17.1 Å². The Kier molecular flexibility index (Phi) is 4.12. The highest BCUT2D eigenvalue weighted by Crippen LogP contribution is 2.34. The minimum atomic E-state index is -0.471. The normalized spacial score (nSPS) is 10.6. The molecule has 4 nitrogen and oxygen atoms in total. The fourth-order valence-corrected chi connectivity index (χ4v) is 2.59. The molecule has 2 aromatic carbocycles. The molecular weight excluding hydrogens is 317 g/mol. The van der Waals surface area contributed by atoms with Gasteiger partial charge in [-0.05, 0) is 30.3 Å². The molecule has 0 aliphatic rings. The average molecular weight is 330 g/mol. The average Bonchev–Trinajstić information content (AvgIpc) is 2.54. The first kappa shape index (κ1) is 15.2. The summed E-state index contributed by atoms with van der Waals surface area (Å²) < 4.78 is 19.5. The van der Waals surface area contributed by atoms with E-state index in [0.29, 0.717) is 17.1 Å². The van der Waals surface area contributed by atoms with E-state index in [0.717, 1.165) is 5.56 Å². The van der Waals surface area contributed by atoms with Crippen LogP contribution in [0.2, 0.25) is 5.02 Å². The Balaban J connectivity index is 2.21. The van der Waals surface area contributed by atoms with Crippen molar-refractivity contribution in [2.75, 3.05) is 12.8 Å². The van der Waals surface area contributed by atoms with Gasteiger partial charge in [0, 0.05) is 5.56 Å². The fourth-order valence-electron chi connectivity index (χ4n) is 2.33. The van der Waals surface area contributed by atoms with Crippen molar-refractivity contribution >= 4 is 17.5 Å². The number of nitrogens with zero attached hydrogens (tertiary/aromatic N) is 2. The number of hydrogen-bond donors (Lipinski definition) is 1. The third-order valence-electron chi connectivity index (χ3n) is 3.35. The first-order valence-corrected chi connectivity index (χ1v) is 7.20. The van der Waals surface area contributed by atoms with E-state index in [-0.39, 0.29) is 16.5 Å². The predicted molar refractivity (Wildman–Crippen MR) is 88.8 cm³/mol. The van der Waals surface area contributed by atoms with E-state index >= 15 is 0 Å². The van der Waals surface area contributed by atoms with Crippen molar-refractivity contribution in [1.82, 2.24) is 9.97 Å². The third kappa shape index (κ3) is 2.96. The van der Waals surface area contributed by atoms with Gasteiger partial charge in [-0.2, -0.15) is 0 Å². The molecule has 0 fully saturated rings. The summed E-state index contributed by atoms with van der Waals surface area (Å²) in [5.41, 5.74) is 7.58. The topological polar surface area (TPSA) is 61.0 Å². The van der Waals surface area contributed by atoms with E-state index in [4.69, 9.17) is 22.1 Å². The molecule has 1 aromatic heterocycles.